The minimum Gasteiger partial charge on any atom is -0.508 e. The van der Waals surface area contributed by atoms with Gasteiger partial charge in [0.25, 0.3) is 0 Å². The van der Waals surface area contributed by atoms with Crippen LogP contribution in [0.4, 0.5) is 0 Å². The topological polar surface area (TPSA) is 71.2 Å². The van der Waals surface area contributed by atoms with Gasteiger partial charge in [-0.3, -0.25) is 0 Å². The Morgan fingerprint density at radius 3 is 2.85 bits per heavy atom. The van der Waals surface area contributed by atoms with E-state index in [-0.39, 0.29) is 12.4 Å². The summed E-state index contributed by atoms with van der Waals surface area (Å²) < 4.78 is 1.92. The highest BCUT2D eigenvalue weighted by atomic mass is 16.3. The molecule has 2 heterocycles. The zero-order valence-corrected chi connectivity index (χ0v) is 10.9. The van der Waals surface area contributed by atoms with Crippen molar-refractivity contribution < 1.29 is 10.2 Å². The summed E-state index contributed by atoms with van der Waals surface area (Å²) in [5.74, 6) is 1.07. The van der Waals surface area contributed by atoms with Crippen LogP contribution in [0.1, 0.15) is 11.4 Å². The summed E-state index contributed by atoms with van der Waals surface area (Å²) in [7, 11) is 0. The van der Waals surface area contributed by atoms with Crippen molar-refractivity contribution in [2.45, 2.75) is 13.0 Å². The number of aromatic nitrogens is 3. The maximum Gasteiger partial charge on any atom is 0.160 e. The third kappa shape index (κ3) is 2.35. The van der Waals surface area contributed by atoms with Crippen LogP contribution in [-0.2, 0) is 13.0 Å². The van der Waals surface area contributed by atoms with E-state index in [0.717, 1.165) is 22.6 Å². The Kier molecular flexibility index (Phi) is 3.35. The number of fused-ring (bicyclic) bond motifs is 1. The summed E-state index contributed by atoms with van der Waals surface area (Å²) in [6.45, 7) is 0.497. The van der Waals surface area contributed by atoms with Gasteiger partial charge < -0.3 is 14.8 Å². The van der Waals surface area contributed by atoms with E-state index in [2.05, 4.69) is 9.97 Å². The Morgan fingerprint density at radius 1 is 1.15 bits per heavy atom. The van der Waals surface area contributed by atoms with Crippen molar-refractivity contribution in [3.8, 4) is 5.75 Å². The number of imidazole rings is 1. The summed E-state index contributed by atoms with van der Waals surface area (Å²) in [4.78, 5) is 8.88. The van der Waals surface area contributed by atoms with Gasteiger partial charge in [-0.15, -0.1) is 0 Å². The van der Waals surface area contributed by atoms with Crippen LogP contribution in [-0.4, -0.2) is 31.4 Å². The van der Waals surface area contributed by atoms with Gasteiger partial charge in [0.05, 0.1) is 6.61 Å². The van der Waals surface area contributed by atoms with Crippen LogP contribution in [0, 0.1) is 0 Å². The van der Waals surface area contributed by atoms with E-state index in [1.807, 2.05) is 28.8 Å². The first-order valence-electron chi connectivity index (χ1n) is 6.47. The number of hydrogen-bond acceptors (Lipinski definition) is 4. The van der Waals surface area contributed by atoms with E-state index < -0.39 is 0 Å². The van der Waals surface area contributed by atoms with Gasteiger partial charge in [-0.25, -0.2) is 9.97 Å². The zero-order chi connectivity index (χ0) is 13.9. The van der Waals surface area contributed by atoms with Crippen molar-refractivity contribution in [1.29, 1.82) is 0 Å². The van der Waals surface area contributed by atoms with Crippen molar-refractivity contribution in [2.75, 3.05) is 6.61 Å². The Labute approximate surface area is 116 Å². The normalized spacial score (nSPS) is 11.1. The Balaban J connectivity index is 2.04. The standard InChI is InChI=1S/C15H15N3O2/c19-8-7-18-14(10-11-3-1-4-12(20)9-11)17-13-5-2-6-16-15(13)18/h1-6,9,19-20H,7-8,10H2. The van der Waals surface area contributed by atoms with Gasteiger partial charge in [-0.1, -0.05) is 12.1 Å². The maximum absolute atomic E-state index is 9.52. The molecule has 1 aromatic carbocycles. The first kappa shape index (κ1) is 12.6. The lowest BCUT2D eigenvalue weighted by molar-refractivity contribution is 0.276. The molecule has 0 amide bonds. The predicted molar refractivity (Wildman–Crippen MR) is 75.5 cm³/mol. The fourth-order valence-corrected chi connectivity index (χ4v) is 2.32. The number of nitrogens with zero attached hydrogens (tertiary/aromatic N) is 3. The van der Waals surface area contributed by atoms with Gasteiger partial charge >= 0.3 is 0 Å². The molecule has 20 heavy (non-hydrogen) atoms. The average Bonchev–Trinajstić information content (AvgIpc) is 2.77. The summed E-state index contributed by atoms with van der Waals surface area (Å²) >= 11 is 0. The number of aliphatic hydroxyl groups is 1. The minimum atomic E-state index is 0.0368. The summed E-state index contributed by atoms with van der Waals surface area (Å²) in [6.07, 6.45) is 2.31. The first-order valence-corrected chi connectivity index (χ1v) is 6.47. The lowest BCUT2D eigenvalue weighted by Gasteiger charge is -2.07. The summed E-state index contributed by atoms with van der Waals surface area (Å²) in [5.41, 5.74) is 2.56. The van der Waals surface area contributed by atoms with Gasteiger partial charge in [-0.2, -0.15) is 0 Å². The molecular formula is C15H15N3O2. The molecule has 0 saturated heterocycles. The van der Waals surface area contributed by atoms with Crippen LogP contribution in [0.25, 0.3) is 11.2 Å². The molecule has 0 saturated carbocycles. The van der Waals surface area contributed by atoms with Crippen LogP contribution >= 0.6 is 0 Å². The fourth-order valence-electron chi connectivity index (χ4n) is 2.32. The van der Waals surface area contributed by atoms with Crippen molar-refractivity contribution in [2.24, 2.45) is 0 Å². The van der Waals surface area contributed by atoms with Crippen molar-refractivity contribution in [3.05, 3.63) is 54.0 Å². The van der Waals surface area contributed by atoms with Gasteiger partial charge in [-0.05, 0) is 29.8 Å². The van der Waals surface area contributed by atoms with Crippen molar-refractivity contribution in [3.63, 3.8) is 0 Å². The number of phenols is 1. The van der Waals surface area contributed by atoms with Gasteiger partial charge in [0.2, 0.25) is 0 Å². The number of pyridine rings is 1. The number of aromatic hydroxyl groups is 1. The number of phenolic OH excluding ortho intramolecular Hbond substituents is 1. The molecule has 102 valence electrons. The van der Waals surface area contributed by atoms with Crippen LogP contribution in [0.3, 0.4) is 0 Å². The quantitative estimate of drug-likeness (QED) is 0.756. The van der Waals surface area contributed by atoms with Crippen LogP contribution in [0.15, 0.2) is 42.6 Å². The van der Waals surface area contributed by atoms with Crippen molar-refractivity contribution in [1.82, 2.24) is 14.5 Å². The largest absolute Gasteiger partial charge is 0.508 e. The monoisotopic (exact) mass is 269 g/mol. The third-order valence-electron chi connectivity index (χ3n) is 3.18. The van der Waals surface area contributed by atoms with Crippen LogP contribution < -0.4 is 0 Å². The minimum absolute atomic E-state index is 0.0368. The first-order chi connectivity index (χ1) is 9.78. The molecule has 5 heteroatoms. The highest BCUT2D eigenvalue weighted by Gasteiger charge is 2.11. The molecule has 0 atom stereocenters. The predicted octanol–water partition coefficient (Wildman–Crippen LogP) is 1.72. The lowest BCUT2D eigenvalue weighted by atomic mass is 10.1. The molecule has 2 aromatic heterocycles. The second-order valence-electron chi connectivity index (χ2n) is 4.60. The van der Waals surface area contributed by atoms with E-state index in [1.54, 1.807) is 18.3 Å². The molecule has 0 aliphatic heterocycles. The fraction of sp³-hybridized carbons (Fsp3) is 0.200. The SMILES string of the molecule is OCCn1c(Cc2cccc(O)c2)nc2cccnc21. The zero-order valence-electron chi connectivity index (χ0n) is 10.9. The molecule has 3 rings (SSSR count). The molecule has 0 spiro atoms. The molecule has 2 N–H and O–H groups in total. The second-order valence-corrected chi connectivity index (χ2v) is 4.60. The maximum atomic E-state index is 9.52. The van der Waals surface area contributed by atoms with E-state index >= 15 is 0 Å². The number of benzene rings is 1. The van der Waals surface area contributed by atoms with E-state index in [4.69, 9.17) is 0 Å². The van der Waals surface area contributed by atoms with E-state index in [1.165, 1.54) is 0 Å². The molecule has 3 aromatic rings. The molecular weight excluding hydrogens is 254 g/mol. The van der Waals surface area contributed by atoms with Crippen molar-refractivity contribution >= 4 is 11.2 Å². The smallest absolute Gasteiger partial charge is 0.160 e. The number of hydrogen-bond donors (Lipinski definition) is 2. The third-order valence-corrected chi connectivity index (χ3v) is 3.18. The van der Waals surface area contributed by atoms with Gasteiger partial charge in [0.1, 0.15) is 17.1 Å². The van der Waals surface area contributed by atoms with Gasteiger partial charge in [0, 0.05) is 19.2 Å². The lowest BCUT2D eigenvalue weighted by Crippen LogP contribution is -2.08. The average molecular weight is 269 g/mol. The Hall–Kier alpha value is -2.40. The Morgan fingerprint density at radius 2 is 2.05 bits per heavy atom. The molecule has 0 fully saturated rings. The molecule has 0 bridgehead atoms. The highest BCUT2D eigenvalue weighted by molar-refractivity contribution is 5.71. The van der Waals surface area contributed by atoms with E-state index in [9.17, 15) is 10.2 Å². The number of rotatable bonds is 4. The summed E-state index contributed by atoms with van der Waals surface area (Å²) in [5, 5.41) is 18.7. The molecule has 5 nitrogen and oxygen atoms in total. The van der Waals surface area contributed by atoms with Crippen LogP contribution in [0.2, 0.25) is 0 Å². The summed E-state index contributed by atoms with van der Waals surface area (Å²) in [6, 6.07) is 10.9. The highest BCUT2D eigenvalue weighted by Crippen LogP contribution is 2.18. The Bertz CT molecular complexity index is 737. The van der Waals surface area contributed by atoms with Crippen LogP contribution in [0.5, 0.6) is 5.75 Å². The molecule has 0 radical (unpaired) electrons. The molecule has 0 aliphatic carbocycles. The number of aliphatic hydroxyl groups excluding tert-OH is 1. The molecule has 0 aliphatic rings. The van der Waals surface area contributed by atoms with Gasteiger partial charge in [0.15, 0.2) is 5.65 Å². The molecule has 0 unspecified atom stereocenters. The second kappa shape index (κ2) is 5.30. The van der Waals surface area contributed by atoms with E-state index in [0.29, 0.717) is 13.0 Å².